The Bertz CT molecular complexity index is 1190. The van der Waals surface area contributed by atoms with Gasteiger partial charge >= 0.3 is 0 Å². The van der Waals surface area contributed by atoms with Gasteiger partial charge in [0.25, 0.3) is 5.91 Å². The summed E-state index contributed by atoms with van der Waals surface area (Å²) in [6.45, 7) is 1.33. The van der Waals surface area contributed by atoms with E-state index in [0.29, 0.717) is 22.7 Å². The average Bonchev–Trinajstić information content (AvgIpc) is 3.43. The van der Waals surface area contributed by atoms with Crippen molar-refractivity contribution in [2.45, 2.75) is 18.8 Å². The fourth-order valence-electron chi connectivity index (χ4n) is 3.68. The molecular weight excluding hydrogens is 407 g/mol. The molecule has 4 aromatic rings. The Kier molecular flexibility index (Phi) is 4.81. The molecule has 0 bridgehead atoms. The Morgan fingerprint density at radius 1 is 1.17 bits per heavy atom. The molecular formula is C21H17FN4OS2. The van der Waals surface area contributed by atoms with Crippen LogP contribution in [0.3, 0.4) is 0 Å². The van der Waals surface area contributed by atoms with Gasteiger partial charge in [0, 0.05) is 30.1 Å². The third-order valence-corrected chi connectivity index (χ3v) is 7.09. The number of carbonyl (C=O) groups excluding carboxylic acids is 1. The molecule has 0 aliphatic carbocycles. The molecule has 2 aromatic carbocycles. The van der Waals surface area contributed by atoms with Crippen molar-refractivity contribution in [2.24, 2.45) is 0 Å². The van der Waals surface area contributed by atoms with Crippen molar-refractivity contribution >= 4 is 38.8 Å². The van der Waals surface area contributed by atoms with Crippen LogP contribution >= 0.6 is 22.7 Å². The van der Waals surface area contributed by atoms with Crippen molar-refractivity contribution in [3.05, 3.63) is 64.4 Å². The average molecular weight is 425 g/mol. The topological polar surface area (TPSA) is 59.0 Å². The molecule has 5 rings (SSSR count). The SMILES string of the molecule is O=C(c1ccc2ncsc2c1)N1CCC[C@H](c2nnc(-c3ccccc3F)s2)C1. The minimum Gasteiger partial charge on any atom is -0.338 e. The predicted molar refractivity (Wildman–Crippen MR) is 113 cm³/mol. The van der Waals surface area contributed by atoms with Crippen LogP contribution < -0.4 is 0 Å². The number of piperidine rings is 1. The minimum absolute atomic E-state index is 0.0313. The number of nitrogens with zero attached hydrogens (tertiary/aromatic N) is 4. The Hall–Kier alpha value is -2.71. The van der Waals surface area contributed by atoms with Crippen molar-refractivity contribution in [2.75, 3.05) is 13.1 Å². The van der Waals surface area contributed by atoms with E-state index in [4.69, 9.17) is 0 Å². The minimum atomic E-state index is -0.297. The predicted octanol–water partition coefficient (Wildman–Crippen LogP) is 4.97. The Morgan fingerprint density at radius 2 is 2.07 bits per heavy atom. The number of fused-ring (bicyclic) bond motifs is 1. The lowest BCUT2D eigenvalue weighted by molar-refractivity contribution is 0.0707. The number of hydrogen-bond donors (Lipinski definition) is 0. The van der Waals surface area contributed by atoms with Crippen LogP contribution in [0.1, 0.15) is 34.1 Å². The van der Waals surface area contributed by atoms with E-state index in [0.717, 1.165) is 34.6 Å². The summed E-state index contributed by atoms with van der Waals surface area (Å²) in [6, 6.07) is 12.3. The molecule has 0 unspecified atom stereocenters. The molecule has 0 N–H and O–H groups in total. The smallest absolute Gasteiger partial charge is 0.253 e. The molecule has 1 fully saturated rings. The molecule has 5 nitrogen and oxygen atoms in total. The van der Waals surface area contributed by atoms with E-state index in [1.165, 1.54) is 28.7 Å². The largest absolute Gasteiger partial charge is 0.338 e. The molecule has 1 amide bonds. The van der Waals surface area contributed by atoms with Crippen LogP contribution in [0.25, 0.3) is 20.8 Å². The van der Waals surface area contributed by atoms with Crippen molar-refractivity contribution < 1.29 is 9.18 Å². The highest BCUT2D eigenvalue weighted by molar-refractivity contribution is 7.16. The second-order valence-electron chi connectivity index (χ2n) is 7.05. The van der Waals surface area contributed by atoms with Crippen LogP contribution in [0.4, 0.5) is 4.39 Å². The number of benzene rings is 2. The van der Waals surface area contributed by atoms with Crippen LogP contribution in [0.5, 0.6) is 0 Å². The van der Waals surface area contributed by atoms with Gasteiger partial charge in [-0.2, -0.15) is 0 Å². The van der Waals surface area contributed by atoms with E-state index in [-0.39, 0.29) is 17.6 Å². The maximum absolute atomic E-state index is 14.1. The lowest BCUT2D eigenvalue weighted by atomic mass is 9.98. The quantitative estimate of drug-likeness (QED) is 0.466. The van der Waals surface area contributed by atoms with Crippen LogP contribution in [0.2, 0.25) is 0 Å². The van der Waals surface area contributed by atoms with Crippen LogP contribution in [-0.4, -0.2) is 39.1 Å². The normalized spacial score (nSPS) is 17.0. The molecule has 0 saturated carbocycles. The van der Waals surface area contributed by atoms with Gasteiger partial charge in [0.15, 0.2) is 5.01 Å². The summed E-state index contributed by atoms with van der Waals surface area (Å²) >= 11 is 2.95. The molecule has 1 saturated heterocycles. The molecule has 1 aliphatic heterocycles. The first-order valence-electron chi connectivity index (χ1n) is 9.40. The van der Waals surface area contributed by atoms with Crippen molar-refractivity contribution in [3.63, 3.8) is 0 Å². The summed E-state index contributed by atoms with van der Waals surface area (Å²) in [4.78, 5) is 19.2. The number of aromatic nitrogens is 3. The Labute approximate surface area is 174 Å². The van der Waals surface area contributed by atoms with E-state index in [1.807, 2.05) is 23.1 Å². The van der Waals surface area contributed by atoms with Crippen molar-refractivity contribution in [3.8, 4) is 10.6 Å². The Balaban J connectivity index is 1.35. The third kappa shape index (κ3) is 3.54. The highest BCUT2D eigenvalue weighted by Crippen LogP contribution is 2.34. The Morgan fingerprint density at radius 3 is 2.97 bits per heavy atom. The molecule has 3 heterocycles. The van der Waals surface area contributed by atoms with E-state index >= 15 is 0 Å². The zero-order chi connectivity index (χ0) is 19.8. The van der Waals surface area contributed by atoms with Gasteiger partial charge in [-0.1, -0.05) is 23.5 Å². The number of carbonyl (C=O) groups is 1. The summed E-state index contributed by atoms with van der Waals surface area (Å²) in [5.41, 5.74) is 3.86. The highest BCUT2D eigenvalue weighted by atomic mass is 32.1. The third-order valence-electron chi connectivity index (χ3n) is 5.18. The number of hydrogen-bond acceptors (Lipinski definition) is 6. The van der Waals surface area contributed by atoms with Gasteiger partial charge in [0.1, 0.15) is 10.8 Å². The number of likely N-dealkylation sites (tertiary alicyclic amines) is 1. The number of halogens is 1. The zero-order valence-electron chi connectivity index (χ0n) is 15.4. The summed E-state index contributed by atoms with van der Waals surface area (Å²) in [6.07, 6.45) is 1.86. The molecule has 1 atom stereocenters. The highest BCUT2D eigenvalue weighted by Gasteiger charge is 2.28. The standard InChI is InChI=1S/C21H17FN4OS2/c22-16-6-2-1-5-15(16)20-25-24-19(29-20)14-4-3-9-26(11-14)21(27)13-7-8-17-18(10-13)28-12-23-17/h1-2,5-8,10,12,14H,3-4,9,11H2/t14-/m0/s1. The first-order valence-corrected chi connectivity index (χ1v) is 11.1. The molecule has 1 aliphatic rings. The van der Waals surface area contributed by atoms with E-state index in [2.05, 4.69) is 15.2 Å². The summed E-state index contributed by atoms with van der Waals surface area (Å²) in [5, 5.41) is 9.95. The molecule has 8 heteroatoms. The van der Waals surface area contributed by atoms with Crippen molar-refractivity contribution in [1.82, 2.24) is 20.1 Å². The summed E-state index contributed by atoms with van der Waals surface area (Å²) in [5.74, 6) is -0.143. The monoisotopic (exact) mass is 424 g/mol. The van der Waals surface area contributed by atoms with Gasteiger partial charge in [0.2, 0.25) is 0 Å². The maximum atomic E-state index is 14.1. The maximum Gasteiger partial charge on any atom is 0.253 e. The molecule has 2 aromatic heterocycles. The van der Waals surface area contributed by atoms with Crippen LogP contribution in [-0.2, 0) is 0 Å². The zero-order valence-corrected chi connectivity index (χ0v) is 17.0. The lowest BCUT2D eigenvalue weighted by Crippen LogP contribution is -2.39. The van der Waals surface area contributed by atoms with E-state index in [1.54, 1.807) is 23.7 Å². The number of amides is 1. The second-order valence-corrected chi connectivity index (χ2v) is 8.95. The second kappa shape index (κ2) is 7.61. The van der Waals surface area contributed by atoms with E-state index < -0.39 is 0 Å². The number of thiazole rings is 1. The molecule has 0 radical (unpaired) electrons. The van der Waals surface area contributed by atoms with Gasteiger partial charge in [-0.15, -0.1) is 21.5 Å². The van der Waals surface area contributed by atoms with Crippen molar-refractivity contribution in [1.29, 1.82) is 0 Å². The summed E-state index contributed by atoms with van der Waals surface area (Å²) < 4.78 is 15.1. The van der Waals surface area contributed by atoms with Gasteiger partial charge in [-0.3, -0.25) is 4.79 Å². The van der Waals surface area contributed by atoms with E-state index in [9.17, 15) is 9.18 Å². The van der Waals surface area contributed by atoms with Gasteiger partial charge < -0.3 is 4.90 Å². The van der Waals surface area contributed by atoms with Gasteiger partial charge in [-0.25, -0.2) is 9.37 Å². The molecule has 29 heavy (non-hydrogen) atoms. The fraction of sp³-hybridized carbons (Fsp3) is 0.238. The first-order chi connectivity index (χ1) is 14.2. The first kappa shape index (κ1) is 18.3. The molecule has 0 spiro atoms. The fourth-order valence-corrected chi connectivity index (χ4v) is 5.39. The van der Waals surface area contributed by atoms with Gasteiger partial charge in [-0.05, 0) is 43.2 Å². The van der Waals surface area contributed by atoms with Gasteiger partial charge in [0.05, 0.1) is 15.7 Å². The number of rotatable bonds is 3. The summed E-state index contributed by atoms with van der Waals surface area (Å²) in [7, 11) is 0. The lowest BCUT2D eigenvalue weighted by Gasteiger charge is -2.31. The van der Waals surface area contributed by atoms with Crippen LogP contribution in [0.15, 0.2) is 48.0 Å². The van der Waals surface area contributed by atoms with Crippen LogP contribution in [0, 0.1) is 5.82 Å². The molecule has 146 valence electrons.